The summed E-state index contributed by atoms with van der Waals surface area (Å²) in [7, 11) is 0. The number of hydrogen-bond donors (Lipinski definition) is 1. The molecule has 0 rings (SSSR count). The average molecular weight is 155 g/mol. The van der Waals surface area contributed by atoms with Crippen LogP contribution in [-0.4, -0.2) is 11.2 Å². The van der Waals surface area contributed by atoms with E-state index in [9.17, 15) is 0 Å². The van der Waals surface area contributed by atoms with Crippen molar-refractivity contribution >= 4 is 0 Å². The van der Waals surface area contributed by atoms with Crippen molar-refractivity contribution in [2.45, 2.75) is 33.3 Å². The molecule has 0 aliphatic heterocycles. The second kappa shape index (κ2) is 5.36. The molecule has 0 aromatic rings. The SMILES string of the molecule is [CH2]C(O)C=CC(C)CC(C)C. The highest BCUT2D eigenvalue weighted by molar-refractivity contribution is 4.92. The molecule has 1 nitrogen and oxygen atoms in total. The lowest BCUT2D eigenvalue weighted by Crippen LogP contribution is -1.99. The molecule has 0 aliphatic carbocycles. The maximum Gasteiger partial charge on any atom is 0.0722 e. The van der Waals surface area contributed by atoms with Crippen molar-refractivity contribution in [2.24, 2.45) is 11.8 Å². The third-order valence-corrected chi connectivity index (χ3v) is 1.50. The molecule has 0 aromatic carbocycles. The zero-order valence-corrected chi connectivity index (χ0v) is 7.75. The summed E-state index contributed by atoms with van der Waals surface area (Å²) in [5, 5.41) is 8.84. The Balaban J connectivity index is 3.59. The van der Waals surface area contributed by atoms with Crippen LogP contribution in [0.2, 0.25) is 0 Å². The van der Waals surface area contributed by atoms with Crippen molar-refractivity contribution in [2.75, 3.05) is 0 Å². The minimum Gasteiger partial charge on any atom is -0.389 e. The van der Waals surface area contributed by atoms with Crippen LogP contribution in [-0.2, 0) is 0 Å². The first-order valence-electron chi connectivity index (χ1n) is 4.21. The van der Waals surface area contributed by atoms with Crippen molar-refractivity contribution in [1.82, 2.24) is 0 Å². The van der Waals surface area contributed by atoms with E-state index in [1.165, 1.54) is 6.42 Å². The molecule has 0 bridgehead atoms. The first kappa shape index (κ1) is 10.7. The largest absolute Gasteiger partial charge is 0.389 e. The van der Waals surface area contributed by atoms with Crippen molar-refractivity contribution in [3.8, 4) is 0 Å². The highest BCUT2D eigenvalue weighted by Crippen LogP contribution is 2.11. The van der Waals surface area contributed by atoms with Gasteiger partial charge in [-0.3, -0.25) is 0 Å². The van der Waals surface area contributed by atoms with E-state index in [0.717, 1.165) is 5.92 Å². The third-order valence-electron chi connectivity index (χ3n) is 1.50. The Morgan fingerprint density at radius 2 is 1.82 bits per heavy atom. The summed E-state index contributed by atoms with van der Waals surface area (Å²) in [5.74, 6) is 1.27. The quantitative estimate of drug-likeness (QED) is 0.618. The van der Waals surface area contributed by atoms with E-state index in [0.29, 0.717) is 5.92 Å². The van der Waals surface area contributed by atoms with Gasteiger partial charge >= 0.3 is 0 Å². The zero-order valence-electron chi connectivity index (χ0n) is 7.75. The fourth-order valence-electron chi connectivity index (χ4n) is 1.14. The lowest BCUT2D eigenvalue weighted by molar-refractivity contribution is 0.268. The molecule has 0 aliphatic rings. The van der Waals surface area contributed by atoms with Crippen LogP contribution >= 0.6 is 0 Å². The maximum absolute atomic E-state index is 8.84. The van der Waals surface area contributed by atoms with Gasteiger partial charge in [0.2, 0.25) is 0 Å². The smallest absolute Gasteiger partial charge is 0.0722 e. The standard InChI is InChI=1S/C10H19O/c1-8(2)7-9(3)5-6-10(4)11/h5-6,8-11H,4,7H2,1-3H3. The van der Waals surface area contributed by atoms with Crippen molar-refractivity contribution < 1.29 is 5.11 Å². The number of aliphatic hydroxyl groups is 1. The van der Waals surface area contributed by atoms with Gasteiger partial charge < -0.3 is 5.11 Å². The summed E-state index contributed by atoms with van der Waals surface area (Å²) in [6.45, 7) is 10.0. The van der Waals surface area contributed by atoms with Crippen LogP contribution < -0.4 is 0 Å². The van der Waals surface area contributed by atoms with Gasteiger partial charge in [-0.1, -0.05) is 32.9 Å². The van der Waals surface area contributed by atoms with E-state index >= 15 is 0 Å². The van der Waals surface area contributed by atoms with Crippen LogP contribution in [0.1, 0.15) is 27.2 Å². The van der Waals surface area contributed by atoms with Crippen LogP contribution in [0.3, 0.4) is 0 Å². The minimum absolute atomic E-state index is 0.548. The molecule has 0 fully saturated rings. The van der Waals surface area contributed by atoms with Crippen molar-refractivity contribution in [3.05, 3.63) is 19.1 Å². The highest BCUT2D eigenvalue weighted by Gasteiger charge is 2.00. The van der Waals surface area contributed by atoms with Gasteiger partial charge in [0.1, 0.15) is 0 Å². The Kier molecular flexibility index (Phi) is 5.22. The normalized spacial score (nSPS) is 17.6. The molecule has 1 N–H and O–H groups in total. The van der Waals surface area contributed by atoms with E-state index < -0.39 is 6.10 Å². The molecule has 0 spiro atoms. The summed E-state index contributed by atoms with van der Waals surface area (Å²) in [5.41, 5.74) is 0. The van der Waals surface area contributed by atoms with E-state index in [-0.39, 0.29) is 0 Å². The summed E-state index contributed by atoms with van der Waals surface area (Å²) in [4.78, 5) is 0. The molecular weight excluding hydrogens is 136 g/mol. The van der Waals surface area contributed by atoms with Crippen LogP contribution in [0.4, 0.5) is 0 Å². The van der Waals surface area contributed by atoms with Crippen LogP contribution in [0.5, 0.6) is 0 Å². The van der Waals surface area contributed by atoms with Crippen LogP contribution in [0.25, 0.3) is 0 Å². The lowest BCUT2D eigenvalue weighted by atomic mass is 9.98. The predicted octanol–water partition coefficient (Wildman–Crippen LogP) is 2.42. The van der Waals surface area contributed by atoms with E-state index in [1.54, 1.807) is 6.08 Å². The summed E-state index contributed by atoms with van der Waals surface area (Å²) < 4.78 is 0. The molecule has 0 aromatic heterocycles. The van der Waals surface area contributed by atoms with Gasteiger partial charge in [0.15, 0.2) is 0 Å². The summed E-state index contributed by atoms with van der Waals surface area (Å²) >= 11 is 0. The maximum atomic E-state index is 8.84. The molecule has 1 radical (unpaired) electrons. The molecule has 0 heterocycles. The van der Waals surface area contributed by atoms with E-state index in [2.05, 4.69) is 27.7 Å². The van der Waals surface area contributed by atoms with Crippen molar-refractivity contribution in [3.63, 3.8) is 0 Å². The molecule has 65 valence electrons. The van der Waals surface area contributed by atoms with E-state index in [1.807, 2.05) is 6.08 Å². The lowest BCUT2D eigenvalue weighted by Gasteiger charge is -2.08. The van der Waals surface area contributed by atoms with Crippen LogP contribution in [0.15, 0.2) is 12.2 Å². The summed E-state index contributed by atoms with van der Waals surface area (Å²) in [6.07, 6.45) is 4.39. The molecule has 0 saturated heterocycles. The number of hydrogen-bond acceptors (Lipinski definition) is 1. The van der Waals surface area contributed by atoms with Gasteiger partial charge in [-0.05, 0) is 25.2 Å². The number of allylic oxidation sites excluding steroid dienone is 1. The number of aliphatic hydroxyl groups excluding tert-OH is 1. The Bertz CT molecular complexity index is 114. The second-order valence-electron chi connectivity index (χ2n) is 3.56. The van der Waals surface area contributed by atoms with Gasteiger partial charge in [0.25, 0.3) is 0 Å². The zero-order chi connectivity index (χ0) is 8.85. The first-order valence-corrected chi connectivity index (χ1v) is 4.21. The first-order chi connectivity index (χ1) is 5.02. The molecule has 0 amide bonds. The van der Waals surface area contributed by atoms with Gasteiger partial charge in [0, 0.05) is 0 Å². The molecule has 2 unspecified atom stereocenters. The second-order valence-corrected chi connectivity index (χ2v) is 3.56. The monoisotopic (exact) mass is 155 g/mol. The molecule has 1 heteroatoms. The number of rotatable bonds is 4. The molecular formula is C10H19O. The summed E-state index contributed by atoms with van der Waals surface area (Å²) in [6, 6.07) is 0. The molecule has 0 saturated carbocycles. The van der Waals surface area contributed by atoms with Crippen LogP contribution in [0, 0.1) is 18.8 Å². The Labute approximate surface area is 70.1 Å². The fraction of sp³-hybridized carbons (Fsp3) is 0.700. The Hall–Kier alpha value is -0.300. The van der Waals surface area contributed by atoms with Gasteiger partial charge in [-0.25, -0.2) is 0 Å². The topological polar surface area (TPSA) is 20.2 Å². The van der Waals surface area contributed by atoms with E-state index in [4.69, 9.17) is 5.11 Å². The van der Waals surface area contributed by atoms with Crippen molar-refractivity contribution in [1.29, 1.82) is 0 Å². The predicted molar refractivity (Wildman–Crippen MR) is 49.1 cm³/mol. The van der Waals surface area contributed by atoms with Gasteiger partial charge in [-0.15, -0.1) is 0 Å². The highest BCUT2D eigenvalue weighted by atomic mass is 16.3. The van der Waals surface area contributed by atoms with Gasteiger partial charge in [0.05, 0.1) is 6.10 Å². The van der Waals surface area contributed by atoms with Gasteiger partial charge in [-0.2, -0.15) is 0 Å². The minimum atomic E-state index is -0.551. The average Bonchev–Trinajstić information content (AvgIpc) is 1.82. The molecule has 2 atom stereocenters. The molecule has 11 heavy (non-hydrogen) atoms. The Morgan fingerprint density at radius 1 is 1.27 bits per heavy atom. The fourth-order valence-corrected chi connectivity index (χ4v) is 1.14. The Morgan fingerprint density at radius 3 is 2.18 bits per heavy atom. The third kappa shape index (κ3) is 7.60.